The Balaban J connectivity index is 1.43. The number of thiazole rings is 1. The minimum absolute atomic E-state index is 0.0158. The molecular formula is C18H17N5O4S. The number of aromatic nitrogens is 3. The normalized spacial score (nSPS) is 16.4. The predicted octanol–water partition coefficient (Wildman–Crippen LogP) is 2.50. The van der Waals surface area contributed by atoms with Crippen LogP contribution in [0.4, 0.5) is 11.7 Å². The molecule has 1 aliphatic heterocycles. The van der Waals surface area contributed by atoms with Gasteiger partial charge in [0, 0.05) is 30.1 Å². The summed E-state index contributed by atoms with van der Waals surface area (Å²) in [7, 11) is 1.56. The number of nitrogens with zero attached hydrogens (tertiary/aromatic N) is 4. The SMILES string of the molecule is COc1cccc(N2CC(C(=O)Nc3nnc(-c4csc(C)n4)o3)CC2=O)c1. The Morgan fingerprint density at radius 2 is 2.25 bits per heavy atom. The summed E-state index contributed by atoms with van der Waals surface area (Å²) < 4.78 is 10.7. The van der Waals surface area contributed by atoms with Gasteiger partial charge < -0.3 is 14.1 Å². The molecule has 1 N–H and O–H groups in total. The highest BCUT2D eigenvalue weighted by Crippen LogP contribution is 2.29. The lowest BCUT2D eigenvalue weighted by Gasteiger charge is -2.17. The van der Waals surface area contributed by atoms with Gasteiger partial charge >= 0.3 is 6.01 Å². The van der Waals surface area contributed by atoms with Crippen molar-refractivity contribution in [2.24, 2.45) is 5.92 Å². The molecule has 9 nitrogen and oxygen atoms in total. The molecule has 10 heteroatoms. The van der Waals surface area contributed by atoms with Gasteiger partial charge in [-0.1, -0.05) is 11.2 Å². The van der Waals surface area contributed by atoms with Crippen molar-refractivity contribution < 1.29 is 18.7 Å². The van der Waals surface area contributed by atoms with Crippen LogP contribution in [0.15, 0.2) is 34.1 Å². The van der Waals surface area contributed by atoms with E-state index in [1.54, 1.807) is 41.7 Å². The number of aryl methyl sites for hydroxylation is 1. The smallest absolute Gasteiger partial charge is 0.322 e. The van der Waals surface area contributed by atoms with Crippen LogP contribution in [-0.4, -0.2) is 40.7 Å². The van der Waals surface area contributed by atoms with Crippen LogP contribution >= 0.6 is 11.3 Å². The highest BCUT2D eigenvalue weighted by atomic mass is 32.1. The molecule has 1 atom stereocenters. The molecule has 1 fully saturated rings. The van der Waals surface area contributed by atoms with Crippen molar-refractivity contribution >= 4 is 34.9 Å². The number of hydrogen-bond acceptors (Lipinski definition) is 8. The van der Waals surface area contributed by atoms with Gasteiger partial charge in [-0.05, 0) is 19.1 Å². The summed E-state index contributed by atoms with van der Waals surface area (Å²) in [6.07, 6.45) is 0.106. The molecular weight excluding hydrogens is 382 g/mol. The number of nitrogens with one attached hydrogen (secondary N) is 1. The number of amides is 2. The van der Waals surface area contributed by atoms with Crippen molar-refractivity contribution in [2.45, 2.75) is 13.3 Å². The van der Waals surface area contributed by atoms with E-state index in [1.165, 1.54) is 11.3 Å². The molecule has 0 aliphatic carbocycles. The second kappa shape index (κ2) is 7.39. The van der Waals surface area contributed by atoms with Crippen molar-refractivity contribution in [1.82, 2.24) is 15.2 Å². The molecule has 0 spiro atoms. The van der Waals surface area contributed by atoms with Gasteiger partial charge in [0.15, 0.2) is 0 Å². The monoisotopic (exact) mass is 399 g/mol. The lowest BCUT2D eigenvalue weighted by Crippen LogP contribution is -2.28. The Morgan fingerprint density at radius 1 is 1.39 bits per heavy atom. The van der Waals surface area contributed by atoms with Crippen LogP contribution in [0.3, 0.4) is 0 Å². The van der Waals surface area contributed by atoms with Gasteiger partial charge in [-0.2, -0.15) is 0 Å². The molecule has 0 bridgehead atoms. The fourth-order valence-corrected chi connectivity index (χ4v) is 3.54. The molecule has 1 saturated heterocycles. The second-order valence-corrected chi connectivity index (χ2v) is 7.32. The summed E-state index contributed by atoms with van der Waals surface area (Å²) in [5.74, 6) is -0.106. The largest absolute Gasteiger partial charge is 0.497 e. The van der Waals surface area contributed by atoms with Gasteiger partial charge in [0.2, 0.25) is 11.8 Å². The van der Waals surface area contributed by atoms with Gasteiger partial charge in [0.05, 0.1) is 18.0 Å². The molecule has 3 aromatic rings. The van der Waals surface area contributed by atoms with Gasteiger partial charge in [-0.15, -0.1) is 16.4 Å². The average Bonchev–Trinajstić information content (AvgIpc) is 3.41. The van der Waals surface area contributed by atoms with E-state index in [4.69, 9.17) is 9.15 Å². The predicted molar refractivity (Wildman–Crippen MR) is 102 cm³/mol. The molecule has 1 aliphatic rings. The molecule has 28 heavy (non-hydrogen) atoms. The van der Waals surface area contributed by atoms with Crippen LogP contribution in [0.25, 0.3) is 11.6 Å². The maximum Gasteiger partial charge on any atom is 0.322 e. The first-order valence-electron chi connectivity index (χ1n) is 8.55. The zero-order chi connectivity index (χ0) is 19.7. The van der Waals surface area contributed by atoms with Gasteiger partial charge in [0.25, 0.3) is 5.89 Å². The van der Waals surface area contributed by atoms with Gasteiger partial charge in [0.1, 0.15) is 11.4 Å². The number of anilines is 2. The fourth-order valence-electron chi connectivity index (χ4n) is 2.96. The molecule has 0 saturated carbocycles. The minimum atomic E-state index is -0.518. The number of benzene rings is 1. The molecule has 2 aromatic heterocycles. The van der Waals surface area contributed by atoms with E-state index in [1.807, 2.05) is 6.92 Å². The quantitative estimate of drug-likeness (QED) is 0.702. The molecule has 0 radical (unpaired) electrons. The maximum atomic E-state index is 12.6. The fraction of sp³-hybridized carbons (Fsp3) is 0.278. The lowest BCUT2D eigenvalue weighted by atomic mass is 10.1. The molecule has 3 heterocycles. The molecule has 4 rings (SSSR count). The summed E-state index contributed by atoms with van der Waals surface area (Å²) in [6, 6.07) is 7.15. The van der Waals surface area contributed by atoms with Gasteiger partial charge in [-0.25, -0.2) is 4.98 Å². The van der Waals surface area contributed by atoms with Crippen molar-refractivity contribution in [2.75, 3.05) is 23.9 Å². The third kappa shape index (κ3) is 3.58. The standard InChI is InChI=1S/C18H17N5O4S/c1-10-19-14(9-28-10)17-21-22-18(27-17)20-16(25)11-6-15(24)23(8-11)12-4-3-5-13(7-12)26-2/h3-5,7,9,11H,6,8H2,1-2H3,(H,20,22,25). The summed E-state index contributed by atoms with van der Waals surface area (Å²) >= 11 is 1.47. The average molecular weight is 399 g/mol. The van der Waals surface area contributed by atoms with E-state index in [2.05, 4.69) is 20.5 Å². The van der Waals surface area contributed by atoms with Crippen LogP contribution in [0.2, 0.25) is 0 Å². The zero-order valence-corrected chi connectivity index (χ0v) is 16.0. The number of hydrogen-bond donors (Lipinski definition) is 1. The summed E-state index contributed by atoms with van der Waals surface area (Å²) in [4.78, 5) is 30.8. The molecule has 1 aromatic carbocycles. The van der Waals surface area contributed by atoms with E-state index in [9.17, 15) is 9.59 Å². The minimum Gasteiger partial charge on any atom is -0.497 e. The van der Waals surface area contributed by atoms with Crippen molar-refractivity contribution in [3.63, 3.8) is 0 Å². The number of methoxy groups -OCH3 is 1. The molecule has 144 valence electrons. The van der Waals surface area contributed by atoms with Crippen LogP contribution in [0, 0.1) is 12.8 Å². The van der Waals surface area contributed by atoms with Crippen molar-refractivity contribution in [3.8, 4) is 17.3 Å². The Labute approximate surface area is 164 Å². The first-order valence-corrected chi connectivity index (χ1v) is 9.42. The Kier molecular flexibility index (Phi) is 4.78. The first-order chi connectivity index (χ1) is 13.5. The summed E-state index contributed by atoms with van der Waals surface area (Å²) in [6.45, 7) is 2.14. The molecule has 1 unspecified atom stereocenters. The zero-order valence-electron chi connectivity index (χ0n) is 15.2. The Bertz CT molecular complexity index is 1030. The number of rotatable bonds is 5. The third-order valence-corrected chi connectivity index (χ3v) is 5.13. The van der Waals surface area contributed by atoms with Crippen LogP contribution in [0.1, 0.15) is 11.4 Å². The highest BCUT2D eigenvalue weighted by molar-refractivity contribution is 7.09. The van der Waals surface area contributed by atoms with E-state index in [0.29, 0.717) is 17.1 Å². The van der Waals surface area contributed by atoms with Crippen LogP contribution < -0.4 is 15.0 Å². The Morgan fingerprint density at radius 3 is 3.00 bits per heavy atom. The van der Waals surface area contributed by atoms with Gasteiger partial charge in [-0.3, -0.25) is 14.9 Å². The van der Waals surface area contributed by atoms with Crippen LogP contribution in [0.5, 0.6) is 5.75 Å². The highest BCUT2D eigenvalue weighted by Gasteiger charge is 2.36. The van der Waals surface area contributed by atoms with Crippen molar-refractivity contribution in [3.05, 3.63) is 34.7 Å². The second-order valence-electron chi connectivity index (χ2n) is 6.26. The van der Waals surface area contributed by atoms with E-state index >= 15 is 0 Å². The van der Waals surface area contributed by atoms with E-state index in [0.717, 1.165) is 5.01 Å². The summed E-state index contributed by atoms with van der Waals surface area (Å²) in [5.41, 5.74) is 1.26. The van der Waals surface area contributed by atoms with Crippen molar-refractivity contribution in [1.29, 1.82) is 0 Å². The van der Waals surface area contributed by atoms with E-state index in [-0.39, 0.29) is 36.7 Å². The lowest BCUT2D eigenvalue weighted by molar-refractivity contribution is -0.122. The third-order valence-electron chi connectivity index (χ3n) is 4.35. The number of ether oxygens (including phenoxy) is 1. The maximum absolute atomic E-state index is 12.6. The summed E-state index contributed by atoms with van der Waals surface area (Å²) in [5, 5.41) is 13.0. The first kappa shape index (κ1) is 18.1. The number of carbonyl (C=O) groups is 2. The molecule has 2 amide bonds. The Hall–Kier alpha value is -3.27. The van der Waals surface area contributed by atoms with E-state index < -0.39 is 5.92 Å². The number of carbonyl (C=O) groups excluding carboxylic acids is 2. The topological polar surface area (TPSA) is 110 Å². The van der Waals surface area contributed by atoms with Crippen LogP contribution in [-0.2, 0) is 9.59 Å².